The minimum atomic E-state index is -1.56. The molecule has 0 amide bonds. The first-order chi connectivity index (χ1) is 12.9. The van der Waals surface area contributed by atoms with Gasteiger partial charge in [-0.1, -0.05) is 36.4 Å². The number of hydrogen-bond donors (Lipinski definition) is 4. The average Bonchev–Trinajstić information content (AvgIpc) is 2.69. The van der Waals surface area contributed by atoms with Crippen molar-refractivity contribution >= 4 is 5.97 Å². The Bertz CT molecular complexity index is 812. The zero-order valence-corrected chi connectivity index (χ0v) is 15.1. The quantitative estimate of drug-likeness (QED) is 0.383. The average molecular weight is 382 g/mol. The minimum Gasteiger partial charge on any atom is -0.545 e. The molecule has 144 valence electrons. The zero-order valence-electron chi connectivity index (χ0n) is 15.1. The number of aromatic carboxylic acids is 1. The number of ether oxygens (including phenoxy) is 2. The maximum absolute atomic E-state index is 11.1. The summed E-state index contributed by atoms with van der Waals surface area (Å²) < 4.78 is 11.0. The second-order valence-electron chi connectivity index (χ2n) is 6.18. The molecule has 5 atom stereocenters. The Morgan fingerprint density at radius 3 is 2.43 bits per heavy atom. The Hall–Kier alpha value is -1.89. The Labute approximate surface area is 173 Å². The van der Waals surface area contributed by atoms with Crippen LogP contribution in [-0.2, 0) is 4.74 Å². The van der Waals surface area contributed by atoms with Crippen molar-refractivity contribution in [2.24, 2.45) is 0 Å². The van der Waals surface area contributed by atoms with Crippen LogP contribution in [-0.4, -0.2) is 63.7 Å². The molecule has 1 heterocycles. The number of benzene rings is 2. The summed E-state index contributed by atoms with van der Waals surface area (Å²) in [6.45, 7) is -0.569. The summed E-state index contributed by atoms with van der Waals surface area (Å²) in [5, 5.41) is 50.2. The number of hydrogen-bond acceptors (Lipinski definition) is 8. The summed E-state index contributed by atoms with van der Waals surface area (Å²) in [6, 6.07) is 12.7. The van der Waals surface area contributed by atoms with Crippen molar-refractivity contribution in [1.29, 1.82) is 0 Å². The fourth-order valence-corrected chi connectivity index (χ4v) is 2.91. The van der Waals surface area contributed by atoms with E-state index in [1.54, 1.807) is 36.4 Å². The van der Waals surface area contributed by atoms with Gasteiger partial charge in [0.25, 0.3) is 0 Å². The van der Waals surface area contributed by atoms with Crippen LogP contribution < -0.4 is 28.7 Å². The van der Waals surface area contributed by atoms with Crippen LogP contribution in [0.25, 0.3) is 11.1 Å². The van der Waals surface area contributed by atoms with Gasteiger partial charge in [0, 0.05) is 5.56 Å². The molecule has 0 radical (unpaired) electrons. The molecule has 1 aliphatic rings. The van der Waals surface area contributed by atoms with Crippen LogP contribution >= 0.6 is 0 Å². The molecule has 3 rings (SSSR count). The topological polar surface area (TPSA) is 140 Å². The fourth-order valence-electron chi connectivity index (χ4n) is 2.91. The molecule has 0 aromatic heterocycles. The number of para-hydroxylation sites is 1. The van der Waals surface area contributed by atoms with Crippen LogP contribution in [0.5, 0.6) is 5.75 Å². The third-order valence-corrected chi connectivity index (χ3v) is 4.39. The first-order valence-electron chi connectivity index (χ1n) is 8.30. The first-order valence-corrected chi connectivity index (χ1v) is 8.30. The van der Waals surface area contributed by atoms with E-state index in [4.69, 9.17) is 9.47 Å². The maximum atomic E-state index is 11.1. The predicted octanol–water partition coefficient (Wildman–Crippen LogP) is -4.10. The molecule has 0 bridgehead atoms. The van der Waals surface area contributed by atoms with E-state index in [-0.39, 0.29) is 30.2 Å². The van der Waals surface area contributed by atoms with Crippen molar-refractivity contribution in [3.8, 4) is 16.9 Å². The molecule has 1 aliphatic heterocycles. The van der Waals surface area contributed by atoms with Crippen LogP contribution in [0.4, 0.5) is 0 Å². The molecular formula is C19H19LiO8. The van der Waals surface area contributed by atoms with Gasteiger partial charge in [0.15, 0.2) is 0 Å². The van der Waals surface area contributed by atoms with E-state index >= 15 is 0 Å². The van der Waals surface area contributed by atoms with Crippen molar-refractivity contribution in [2.75, 3.05) is 6.61 Å². The summed E-state index contributed by atoms with van der Waals surface area (Å²) >= 11 is 0. The standard InChI is InChI=1S/C19H20O8.Li/c20-9-14-15(21)16(22)17(23)19(27-14)26-13-7-2-1-6-12(13)10-4-3-5-11(8-10)18(24)25;/h1-8,14-17,19-23H,9H2,(H,24,25);/q;+1/p-1/t14-,15-,16-,17+,19+;/m1./s1. The normalized spacial score (nSPS) is 26.9. The van der Waals surface area contributed by atoms with Crippen LogP contribution in [0.1, 0.15) is 10.4 Å². The van der Waals surface area contributed by atoms with Gasteiger partial charge < -0.3 is 39.8 Å². The van der Waals surface area contributed by atoms with Crippen LogP contribution in [0.2, 0.25) is 0 Å². The number of carbonyl (C=O) groups is 1. The van der Waals surface area contributed by atoms with Gasteiger partial charge in [0.2, 0.25) is 6.29 Å². The van der Waals surface area contributed by atoms with Crippen molar-refractivity contribution in [1.82, 2.24) is 0 Å². The molecule has 2 aromatic rings. The Kier molecular flexibility index (Phi) is 7.63. The minimum absolute atomic E-state index is 0. The van der Waals surface area contributed by atoms with Gasteiger partial charge in [-0.15, -0.1) is 0 Å². The van der Waals surface area contributed by atoms with E-state index in [1.807, 2.05) is 0 Å². The molecular weight excluding hydrogens is 363 g/mol. The first kappa shape index (κ1) is 22.4. The SMILES string of the molecule is O=C([O-])c1cccc(-c2ccccc2O[C@H]2O[C@H](CO)[C@@H](O)[C@@H](O)[C@@H]2O)c1.[Li+]. The molecule has 8 nitrogen and oxygen atoms in total. The monoisotopic (exact) mass is 382 g/mol. The van der Waals surface area contributed by atoms with Crippen LogP contribution in [0.3, 0.4) is 0 Å². The van der Waals surface area contributed by atoms with E-state index < -0.39 is 43.3 Å². The molecule has 0 saturated carbocycles. The molecule has 28 heavy (non-hydrogen) atoms. The Balaban J connectivity index is 0.00000280. The van der Waals surface area contributed by atoms with E-state index in [1.165, 1.54) is 12.1 Å². The number of carboxylic acid groups (broad SMARTS) is 1. The summed E-state index contributed by atoms with van der Waals surface area (Å²) in [4.78, 5) is 11.1. The second kappa shape index (κ2) is 9.54. The Morgan fingerprint density at radius 1 is 1.04 bits per heavy atom. The summed E-state index contributed by atoms with van der Waals surface area (Å²) in [7, 11) is 0. The van der Waals surface area contributed by atoms with Crippen molar-refractivity contribution in [3.63, 3.8) is 0 Å². The summed E-state index contributed by atoms with van der Waals surface area (Å²) in [6.07, 6.45) is -7.03. The predicted molar refractivity (Wildman–Crippen MR) is 90.6 cm³/mol. The molecule has 4 N–H and O–H groups in total. The Morgan fingerprint density at radius 2 is 1.75 bits per heavy atom. The summed E-state index contributed by atoms with van der Waals surface area (Å²) in [5.74, 6) is -1.05. The van der Waals surface area contributed by atoms with Gasteiger partial charge in [0.05, 0.1) is 12.6 Å². The largest absolute Gasteiger partial charge is 1.00 e. The van der Waals surface area contributed by atoms with Gasteiger partial charge in [-0.25, -0.2) is 0 Å². The number of aliphatic hydroxyl groups is 4. The maximum Gasteiger partial charge on any atom is 1.00 e. The second-order valence-corrected chi connectivity index (χ2v) is 6.18. The van der Waals surface area contributed by atoms with Gasteiger partial charge >= 0.3 is 18.9 Å². The van der Waals surface area contributed by atoms with Crippen LogP contribution in [0, 0.1) is 0 Å². The van der Waals surface area contributed by atoms with E-state index in [0.717, 1.165) is 0 Å². The van der Waals surface area contributed by atoms with E-state index in [2.05, 4.69) is 0 Å². The molecule has 1 fully saturated rings. The number of rotatable bonds is 5. The zero-order chi connectivity index (χ0) is 19.6. The van der Waals surface area contributed by atoms with Crippen molar-refractivity contribution < 1.29 is 58.7 Å². The molecule has 0 aliphatic carbocycles. The van der Waals surface area contributed by atoms with E-state index in [0.29, 0.717) is 11.1 Å². The van der Waals surface area contributed by atoms with Gasteiger partial charge in [-0.3, -0.25) is 0 Å². The third kappa shape index (κ3) is 4.56. The molecule has 1 saturated heterocycles. The van der Waals surface area contributed by atoms with Crippen molar-refractivity contribution in [2.45, 2.75) is 30.7 Å². The number of carboxylic acids is 1. The summed E-state index contributed by atoms with van der Waals surface area (Å²) in [5.41, 5.74) is 1.06. The third-order valence-electron chi connectivity index (χ3n) is 4.39. The number of carbonyl (C=O) groups excluding carboxylic acids is 1. The van der Waals surface area contributed by atoms with Gasteiger partial charge in [0.1, 0.15) is 30.2 Å². The van der Waals surface area contributed by atoms with Gasteiger partial charge in [-0.2, -0.15) is 0 Å². The molecule has 0 unspecified atom stereocenters. The molecule has 0 spiro atoms. The smallest absolute Gasteiger partial charge is 0.545 e. The fraction of sp³-hybridized carbons (Fsp3) is 0.316. The van der Waals surface area contributed by atoms with Crippen molar-refractivity contribution in [3.05, 3.63) is 54.1 Å². The van der Waals surface area contributed by atoms with E-state index in [9.17, 15) is 30.3 Å². The van der Waals surface area contributed by atoms with Crippen LogP contribution in [0.15, 0.2) is 48.5 Å². The van der Waals surface area contributed by atoms with Gasteiger partial charge in [-0.05, 0) is 23.3 Å². The number of aliphatic hydroxyl groups excluding tert-OH is 4. The molecule has 9 heteroatoms. The molecule has 2 aromatic carbocycles.